The second-order valence-electron chi connectivity index (χ2n) is 4.35. The molecule has 17 heavy (non-hydrogen) atoms. The largest absolute Gasteiger partial charge is 0.480 e. The molecule has 0 spiro atoms. The van der Waals surface area contributed by atoms with Crippen molar-refractivity contribution in [2.24, 2.45) is 0 Å². The van der Waals surface area contributed by atoms with Gasteiger partial charge in [0, 0.05) is 12.7 Å². The molecule has 1 amide bonds. The van der Waals surface area contributed by atoms with Crippen molar-refractivity contribution in [3.05, 3.63) is 30.1 Å². The first kappa shape index (κ1) is 11.6. The number of aliphatic carboxylic acids is 1. The van der Waals surface area contributed by atoms with Gasteiger partial charge in [0.05, 0.1) is 0 Å². The fraction of sp³-hybridized carbons (Fsp3) is 0.417. The maximum atomic E-state index is 12.2. The molecule has 5 nitrogen and oxygen atoms in total. The van der Waals surface area contributed by atoms with Gasteiger partial charge in [-0.1, -0.05) is 6.07 Å². The number of nitrogens with zero attached hydrogens (tertiary/aromatic N) is 2. The number of carboxylic acid groups (broad SMARTS) is 1. The Morgan fingerprint density at radius 1 is 1.47 bits per heavy atom. The van der Waals surface area contributed by atoms with Crippen LogP contribution in [0.4, 0.5) is 0 Å². The van der Waals surface area contributed by atoms with Crippen molar-refractivity contribution in [2.75, 3.05) is 6.54 Å². The van der Waals surface area contributed by atoms with Crippen molar-refractivity contribution >= 4 is 11.9 Å². The van der Waals surface area contributed by atoms with Crippen LogP contribution >= 0.6 is 0 Å². The van der Waals surface area contributed by atoms with Gasteiger partial charge in [0.25, 0.3) is 5.91 Å². The number of hydrogen-bond donors (Lipinski definition) is 1. The van der Waals surface area contributed by atoms with Crippen LogP contribution in [-0.2, 0) is 4.79 Å². The van der Waals surface area contributed by atoms with E-state index in [2.05, 4.69) is 4.98 Å². The van der Waals surface area contributed by atoms with E-state index in [1.165, 1.54) is 11.1 Å². The molecule has 2 rings (SSSR count). The first-order valence-electron chi connectivity index (χ1n) is 5.52. The van der Waals surface area contributed by atoms with E-state index in [0.29, 0.717) is 25.1 Å². The Bertz CT molecular complexity index is 446. The quantitative estimate of drug-likeness (QED) is 0.833. The number of rotatable bonds is 2. The number of carbonyl (C=O) groups is 2. The van der Waals surface area contributed by atoms with E-state index >= 15 is 0 Å². The topological polar surface area (TPSA) is 70.5 Å². The van der Waals surface area contributed by atoms with E-state index < -0.39 is 11.5 Å². The van der Waals surface area contributed by atoms with Crippen molar-refractivity contribution in [2.45, 2.75) is 25.3 Å². The molecule has 0 aliphatic carbocycles. The Kier molecular flexibility index (Phi) is 2.83. The van der Waals surface area contributed by atoms with Crippen molar-refractivity contribution < 1.29 is 14.7 Å². The lowest BCUT2D eigenvalue weighted by Crippen LogP contribution is -2.50. The number of aromatic nitrogens is 1. The molecule has 1 fully saturated rings. The normalized spacial score (nSPS) is 23.7. The molecule has 5 heteroatoms. The number of pyridine rings is 1. The Balaban J connectivity index is 2.29. The summed E-state index contributed by atoms with van der Waals surface area (Å²) in [5.74, 6) is -1.27. The minimum atomic E-state index is -1.10. The molecule has 1 N–H and O–H groups in total. The summed E-state index contributed by atoms with van der Waals surface area (Å²) in [6.07, 6.45) is 2.73. The van der Waals surface area contributed by atoms with Crippen molar-refractivity contribution in [3.63, 3.8) is 0 Å². The van der Waals surface area contributed by atoms with Crippen LogP contribution in [0.3, 0.4) is 0 Å². The average Bonchev–Trinajstić information content (AvgIpc) is 2.73. The van der Waals surface area contributed by atoms with Gasteiger partial charge in [0.15, 0.2) is 0 Å². The number of carboxylic acids is 1. The second-order valence-corrected chi connectivity index (χ2v) is 4.35. The summed E-state index contributed by atoms with van der Waals surface area (Å²) in [7, 11) is 0. The van der Waals surface area contributed by atoms with Crippen LogP contribution < -0.4 is 0 Å². The summed E-state index contributed by atoms with van der Waals surface area (Å²) in [6.45, 7) is 2.06. The maximum absolute atomic E-state index is 12.2. The summed E-state index contributed by atoms with van der Waals surface area (Å²) >= 11 is 0. The van der Waals surface area contributed by atoms with E-state index in [1.807, 2.05) is 0 Å². The third-order valence-electron chi connectivity index (χ3n) is 3.23. The van der Waals surface area contributed by atoms with E-state index in [9.17, 15) is 14.7 Å². The highest BCUT2D eigenvalue weighted by atomic mass is 16.4. The summed E-state index contributed by atoms with van der Waals surface area (Å²) < 4.78 is 0. The predicted molar refractivity (Wildman–Crippen MR) is 60.5 cm³/mol. The maximum Gasteiger partial charge on any atom is 0.329 e. The third kappa shape index (κ3) is 1.88. The lowest BCUT2D eigenvalue weighted by atomic mass is 9.99. The SMILES string of the molecule is CC1(C(=O)O)CCCN1C(=O)c1ccccn1. The van der Waals surface area contributed by atoms with Gasteiger partial charge in [-0.25, -0.2) is 4.79 Å². The fourth-order valence-corrected chi connectivity index (χ4v) is 2.14. The minimum absolute atomic E-state index is 0.293. The predicted octanol–water partition coefficient (Wildman–Crippen LogP) is 1.16. The van der Waals surface area contributed by atoms with Crippen LogP contribution in [0.15, 0.2) is 24.4 Å². The van der Waals surface area contributed by atoms with Crippen LogP contribution in [0.5, 0.6) is 0 Å². The lowest BCUT2D eigenvalue weighted by Gasteiger charge is -2.30. The summed E-state index contributed by atoms with van der Waals surface area (Å²) in [4.78, 5) is 28.8. The van der Waals surface area contributed by atoms with Gasteiger partial charge in [-0.05, 0) is 31.9 Å². The number of hydrogen-bond acceptors (Lipinski definition) is 3. The molecule has 90 valence electrons. The smallest absolute Gasteiger partial charge is 0.329 e. The Morgan fingerprint density at radius 2 is 2.24 bits per heavy atom. The Labute approximate surface area is 99.1 Å². The molecule has 1 aliphatic heterocycles. The summed E-state index contributed by atoms with van der Waals surface area (Å²) in [5, 5.41) is 9.22. The van der Waals surface area contributed by atoms with Gasteiger partial charge in [-0.3, -0.25) is 9.78 Å². The highest BCUT2D eigenvalue weighted by Gasteiger charge is 2.46. The molecular formula is C12H14N2O3. The van der Waals surface area contributed by atoms with Crippen molar-refractivity contribution in [3.8, 4) is 0 Å². The average molecular weight is 234 g/mol. The zero-order valence-corrected chi connectivity index (χ0v) is 9.59. The molecule has 0 aromatic carbocycles. The van der Waals surface area contributed by atoms with Crippen LogP contribution in [-0.4, -0.2) is 39.0 Å². The van der Waals surface area contributed by atoms with E-state index in [-0.39, 0.29) is 5.91 Å². The third-order valence-corrected chi connectivity index (χ3v) is 3.23. The molecule has 1 aromatic heterocycles. The molecule has 1 aromatic rings. The number of likely N-dealkylation sites (tertiary alicyclic amines) is 1. The number of amides is 1. The summed E-state index contributed by atoms with van der Waals surface area (Å²) in [6, 6.07) is 5.04. The van der Waals surface area contributed by atoms with Crippen LogP contribution in [0.25, 0.3) is 0 Å². The Morgan fingerprint density at radius 3 is 2.82 bits per heavy atom. The van der Waals surface area contributed by atoms with Gasteiger partial charge in [-0.2, -0.15) is 0 Å². The first-order valence-corrected chi connectivity index (χ1v) is 5.52. The zero-order chi connectivity index (χ0) is 12.5. The second kappa shape index (κ2) is 4.16. The molecule has 2 heterocycles. The van der Waals surface area contributed by atoms with Gasteiger partial charge in [-0.15, -0.1) is 0 Å². The fourth-order valence-electron chi connectivity index (χ4n) is 2.14. The lowest BCUT2D eigenvalue weighted by molar-refractivity contribution is -0.147. The van der Waals surface area contributed by atoms with Gasteiger partial charge < -0.3 is 10.0 Å². The minimum Gasteiger partial charge on any atom is -0.480 e. The molecule has 1 unspecified atom stereocenters. The first-order chi connectivity index (χ1) is 8.05. The standard InChI is InChI=1S/C12H14N2O3/c1-12(11(16)17)6-4-8-14(12)10(15)9-5-2-3-7-13-9/h2-3,5,7H,4,6,8H2,1H3,(H,16,17). The molecule has 1 saturated heterocycles. The van der Waals surface area contributed by atoms with Crippen LogP contribution in [0.1, 0.15) is 30.3 Å². The van der Waals surface area contributed by atoms with Crippen LogP contribution in [0.2, 0.25) is 0 Å². The summed E-state index contributed by atoms with van der Waals surface area (Å²) in [5.41, 5.74) is -0.809. The van der Waals surface area contributed by atoms with E-state index in [0.717, 1.165) is 0 Å². The molecule has 0 bridgehead atoms. The van der Waals surface area contributed by atoms with E-state index in [1.54, 1.807) is 25.1 Å². The van der Waals surface area contributed by atoms with Gasteiger partial charge >= 0.3 is 5.97 Å². The van der Waals surface area contributed by atoms with Crippen molar-refractivity contribution in [1.82, 2.24) is 9.88 Å². The number of carbonyl (C=O) groups excluding carboxylic acids is 1. The molecule has 1 aliphatic rings. The Hall–Kier alpha value is -1.91. The van der Waals surface area contributed by atoms with Crippen LogP contribution in [0, 0.1) is 0 Å². The molecule has 0 radical (unpaired) electrons. The zero-order valence-electron chi connectivity index (χ0n) is 9.59. The van der Waals surface area contributed by atoms with Gasteiger partial charge in [0.2, 0.25) is 0 Å². The van der Waals surface area contributed by atoms with Crippen molar-refractivity contribution in [1.29, 1.82) is 0 Å². The molecular weight excluding hydrogens is 220 g/mol. The van der Waals surface area contributed by atoms with Gasteiger partial charge in [0.1, 0.15) is 11.2 Å². The van der Waals surface area contributed by atoms with E-state index in [4.69, 9.17) is 0 Å². The highest BCUT2D eigenvalue weighted by Crippen LogP contribution is 2.30. The highest BCUT2D eigenvalue weighted by molar-refractivity contribution is 5.96. The molecule has 0 saturated carbocycles. The monoisotopic (exact) mass is 234 g/mol. The molecule has 1 atom stereocenters.